The van der Waals surface area contributed by atoms with Gasteiger partial charge in [0.05, 0.1) is 10.0 Å². The SMILES string of the molecule is S=c1[nH]nc(-c2ccncc2)n1N=Cc1ccc(Br)s1. The molecule has 0 saturated carbocycles. The standard InChI is InChI=1S/C12H8BrN5S2/c13-10-2-1-9(20-10)7-15-18-11(16-17-12(18)19)8-3-5-14-6-4-8/h1-7H,(H,17,19). The zero-order valence-corrected chi connectivity index (χ0v) is 13.2. The molecule has 0 radical (unpaired) electrons. The van der Waals surface area contributed by atoms with E-state index >= 15 is 0 Å². The normalized spacial score (nSPS) is 11.2. The second-order valence-electron chi connectivity index (χ2n) is 3.79. The van der Waals surface area contributed by atoms with E-state index in [1.807, 2.05) is 24.3 Å². The van der Waals surface area contributed by atoms with Crippen molar-refractivity contribution in [3.05, 3.63) is 50.1 Å². The minimum Gasteiger partial charge on any atom is -0.265 e. The summed E-state index contributed by atoms with van der Waals surface area (Å²) >= 11 is 10.2. The number of hydrogen-bond donors (Lipinski definition) is 1. The molecular weight excluding hydrogens is 358 g/mol. The fourth-order valence-corrected chi connectivity index (χ4v) is 3.07. The van der Waals surface area contributed by atoms with Gasteiger partial charge in [-0.1, -0.05) is 0 Å². The van der Waals surface area contributed by atoms with E-state index in [1.165, 1.54) is 0 Å². The number of halogens is 1. The minimum absolute atomic E-state index is 0.448. The molecule has 20 heavy (non-hydrogen) atoms. The highest BCUT2D eigenvalue weighted by atomic mass is 79.9. The average Bonchev–Trinajstić information content (AvgIpc) is 3.04. The molecule has 8 heteroatoms. The first kappa shape index (κ1) is 13.3. The van der Waals surface area contributed by atoms with E-state index in [1.54, 1.807) is 34.6 Å². The van der Waals surface area contributed by atoms with Crippen LogP contribution in [0.25, 0.3) is 11.4 Å². The Morgan fingerprint density at radius 1 is 1.30 bits per heavy atom. The van der Waals surface area contributed by atoms with Gasteiger partial charge in [-0.25, -0.2) is 5.10 Å². The first-order valence-electron chi connectivity index (χ1n) is 5.61. The Labute approximate surface area is 132 Å². The molecule has 0 aromatic carbocycles. The average molecular weight is 366 g/mol. The summed E-state index contributed by atoms with van der Waals surface area (Å²) in [5, 5.41) is 11.3. The zero-order valence-electron chi connectivity index (χ0n) is 10.0. The van der Waals surface area contributed by atoms with Crippen LogP contribution in [-0.4, -0.2) is 26.1 Å². The maximum absolute atomic E-state index is 5.20. The van der Waals surface area contributed by atoms with Crippen LogP contribution in [0, 0.1) is 4.77 Å². The van der Waals surface area contributed by atoms with Crippen molar-refractivity contribution < 1.29 is 0 Å². The number of aromatic nitrogens is 4. The van der Waals surface area contributed by atoms with Gasteiger partial charge in [0.25, 0.3) is 0 Å². The van der Waals surface area contributed by atoms with Crippen molar-refractivity contribution in [1.82, 2.24) is 19.9 Å². The summed E-state index contributed by atoms with van der Waals surface area (Å²) < 4.78 is 3.10. The number of nitrogens with one attached hydrogen (secondary N) is 1. The lowest BCUT2D eigenvalue weighted by atomic mass is 10.2. The summed E-state index contributed by atoms with van der Waals surface area (Å²) in [6.45, 7) is 0. The molecule has 3 aromatic heterocycles. The lowest BCUT2D eigenvalue weighted by Gasteiger charge is -1.99. The maximum atomic E-state index is 5.20. The molecule has 3 heterocycles. The van der Waals surface area contributed by atoms with Crippen LogP contribution in [0.4, 0.5) is 0 Å². The highest BCUT2D eigenvalue weighted by Crippen LogP contribution is 2.21. The number of thiophene rings is 1. The van der Waals surface area contributed by atoms with Crippen molar-refractivity contribution >= 4 is 45.7 Å². The van der Waals surface area contributed by atoms with Crippen LogP contribution in [0.3, 0.4) is 0 Å². The number of aromatic amines is 1. The predicted molar refractivity (Wildman–Crippen MR) is 85.7 cm³/mol. The van der Waals surface area contributed by atoms with Gasteiger partial charge in [-0.15, -0.1) is 11.3 Å². The second-order valence-corrected chi connectivity index (χ2v) is 6.67. The molecule has 0 aliphatic heterocycles. The van der Waals surface area contributed by atoms with Crippen molar-refractivity contribution in [3.63, 3.8) is 0 Å². The monoisotopic (exact) mass is 365 g/mol. The minimum atomic E-state index is 0.448. The third-order valence-corrected chi connectivity index (χ3v) is 4.31. The molecule has 3 aromatic rings. The Balaban J connectivity index is 2.00. The molecule has 1 N–H and O–H groups in total. The number of hydrogen-bond acceptors (Lipinski definition) is 5. The van der Waals surface area contributed by atoms with E-state index in [0.29, 0.717) is 10.6 Å². The Bertz CT molecular complexity index is 803. The lowest BCUT2D eigenvalue weighted by Crippen LogP contribution is -1.94. The van der Waals surface area contributed by atoms with Crippen molar-refractivity contribution in [1.29, 1.82) is 0 Å². The van der Waals surface area contributed by atoms with Crippen LogP contribution >= 0.6 is 39.5 Å². The smallest absolute Gasteiger partial charge is 0.216 e. The Morgan fingerprint density at radius 2 is 2.10 bits per heavy atom. The first-order valence-corrected chi connectivity index (χ1v) is 7.63. The van der Waals surface area contributed by atoms with Crippen LogP contribution in [0.1, 0.15) is 4.88 Å². The summed E-state index contributed by atoms with van der Waals surface area (Å²) in [6, 6.07) is 7.68. The molecule has 100 valence electrons. The summed E-state index contributed by atoms with van der Waals surface area (Å²) in [7, 11) is 0. The molecular formula is C12H8BrN5S2. The van der Waals surface area contributed by atoms with E-state index in [9.17, 15) is 0 Å². The van der Waals surface area contributed by atoms with Crippen molar-refractivity contribution in [3.8, 4) is 11.4 Å². The highest BCUT2D eigenvalue weighted by Gasteiger charge is 2.07. The van der Waals surface area contributed by atoms with Gasteiger partial charge in [-0.05, 0) is 52.4 Å². The fourth-order valence-electron chi connectivity index (χ4n) is 1.60. The van der Waals surface area contributed by atoms with E-state index in [2.05, 4.69) is 36.2 Å². The van der Waals surface area contributed by atoms with Gasteiger partial charge in [-0.2, -0.15) is 14.9 Å². The van der Waals surface area contributed by atoms with Gasteiger partial charge in [-0.3, -0.25) is 4.98 Å². The molecule has 0 unspecified atom stereocenters. The maximum Gasteiger partial charge on any atom is 0.216 e. The third-order valence-electron chi connectivity index (χ3n) is 2.48. The summed E-state index contributed by atoms with van der Waals surface area (Å²) in [5.74, 6) is 0.657. The van der Waals surface area contributed by atoms with Gasteiger partial charge in [0.1, 0.15) is 0 Å². The van der Waals surface area contributed by atoms with Crippen molar-refractivity contribution in [2.75, 3.05) is 0 Å². The molecule has 0 amide bonds. The molecule has 3 rings (SSSR count). The molecule has 5 nitrogen and oxygen atoms in total. The van der Waals surface area contributed by atoms with Gasteiger partial charge in [0.15, 0.2) is 5.82 Å². The summed E-state index contributed by atoms with van der Waals surface area (Å²) in [4.78, 5) is 5.02. The molecule has 0 aliphatic rings. The molecule has 0 bridgehead atoms. The number of H-pyrrole nitrogens is 1. The first-order chi connectivity index (χ1) is 9.74. The summed E-state index contributed by atoms with van der Waals surface area (Å²) in [5.41, 5.74) is 0.900. The van der Waals surface area contributed by atoms with Crippen LogP contribution in [0.2, 0.25) is 0 Å². The van der Waals surface area contributed by atoms with E-state index in [4.69, 9.17) is 12.2 Å². The van der Waals surface area contributed by atoms with E-state index in [0.717, 1.165) is 14.2 Å². The van der Waals surface area contributed by atoms with Gasteiger partial charge in [0.2, 0.25) is 4.77 Å². The Morgan fingerprint density at radius 3 is 2.80 bits per heavy atom. The fraction of sp³-hybridized carbons (Fsp3) is 0. The van der Waals surface area contributed by atoms with Gasteiger partial charge < -0.3 is 0 Å². The van der Waals surface area contributed by atoms with Gasteiger partial charge in [0, 0.05) is 22.8 Å². The Hall–Kier alpha value is -1.64. The zero-order chi connectivity index (χ0) is 13.9. The second kappa shape index (κ2) is 5.78. The lowest BCUT2D eigenvalue weighted by molar-refractivity contribution is 0.872. The third kappa shape index (κ3) is 2.77. The predicted octanol–water partition coefficient (Wildman–Crippen LogP) is 3.71. The molecule has 0 aliphatic carbocycles. The number of rotatable bonds is 3. The Kier molecular flexibility index (Phi) is 3.86. The van der Waals surface area contributed by atoms with Crippen LogP contribution < -0.4 is 0 Å². The van der Waals surface area contributed by atoms with E-state index < -0.39 is 0 Å². The van der Waals surface area contributed by atoms with Crippen molar-refractivity contribution in [2.45, 2.75) is 0 Å². The van der Waals surface area contributed by atoms with Crippen LogP contribution in [-0.2, 0) is 0 Å². The van der Waals surface area contributed by atoms with E-state index in [-0.39, 0.29) is 0 Å². The van der Waals surface area contributed by atoms with Crippen LogP contribution in [0.15, 0.2) is 45.5 Å². The topological polar surface area (TPSA) is 58.9 Å². The highest BCUT2D eigenvalue weighted by molar-refractivity contribution is 9.11. The number of pyridine rings is 1. The summed E-state index contributed by atoms with van der Waals surface area (Å²) in [6.07, 6.45) is 5.17. The number of nitrogens with zero attached hydrogens (tertiary/aromatic N) is 4. The molecule has 0 spiro atoms. The largest absolute Gasteiger partial charge is 0.265 e. The van der Waals surface area contributed by atoms with Gasteiger partial charge >= 0.3 is 0 Å². The molecule has 0 atom stereocenters. The van der Waals surface area contributed by atoms with Crippen molar-refractivity contribution in [2.24, 2.45) is 5.10 Å². The molecule has 0 saturated heterocycles. The quantitative estimate of drug-likeness (QED) is 0.568. The van der Waals surface area contributed by atoms with Crippen LogP contribution in [0.5, 0.6) is 0 Å². The molecule has 0 fully saturated rings.